The van der Waals surface area contributed by atoms with Crippen LogP contribution >= 0.6 is 0 Å². The van der Waals surface area contributed by atoms with Gasteiger partial charge in [-0.05, 0) is 48.5 Å². The van der Waals surface area contributed by atoms with Crippen LogP contribution in [0.3, 0.4) is 0 Å². The first-order valence-corrected chi connectivity index (χ1v) is 10.2. The van der Waals surface area contributed by atoms with Gasteiger partial charge in [0.1, 0.15) is 23.1 Å². The van der Waals surface area contributed by atoms with Crippen LogP contribution in [0, 0.1) is 0 Å². The quantitative estimate of drug-likeness (QED) is 0.317. The summed E-state index contributed by atoms with van der Waals surface area (Å²) in [6.07, 6.45) is 0.545. The fourth-order valence-electron chi connectivity index (χ4n) is 2.73. The molecule has 170 valence electrons. The highest BCUT2D eigenvalue weighted by molar-refractivity contribution is 6.49. The molecule has 0 saturated heterocycles. The van der Waals surface area contributed by atoms with Crippen molar-refractivity contribution in [1.29, 1.82) is 0 Å². The molecule has 8 heteroatoms. The van der Waals surface area contributed by atoms with Crippen molar-refractivity contribution in [3.8, 4) is 11.5 Å². The van der Waals surface area contributed by atoms with Crippen LogP contribution in [-0.4, -0.2) is 59.8 Å². The molecule has 0 spiro atoms. The topological polar surface area (TPSA) is 127 Å². The van der Waals surface area contributed by atoms with Crippen molar-refractivity contribution in [3.05, 3.63) is 59.7 Å². The van der Waals surface area contributed by atoms with Gasteiger partial charge in [0.2, 0.25) is 11.6 Å². The Kier molecular flexibility index (Phi) is 10.2. The Morgan fingerprint density at radius 2 is 0.906 bits per heavy atom. The smallest absolute Gasteiger partial charge is 0.233 e. The molecule has 0 aromatic heterocycles. The van der Waals surface area contributed by atoms with Crippen LogP contribution in [-0.2, 0) is 9.59 Å². The Morgan fingerprint density at radius 1 is 0.562 bits per heavy atom. The highest BCUT2D eigenvalue weighted by Gasteiger charge is 2.18. The molecule has 2 aromatic rings. The number of aliphatic hydroxyl groups is 2. The SMILES string of the molecule is O=C(CCO)CCOc1ccc(C(=O)C(=O)c2ccc(OCCC(=O)CCO)cc2)cc1. The van der Waals surface area contributed by atoms with Crippen molar-refractivity contribution in [3.63, 3.8) is 0 Å². The van der Waals surface area contributed by atoms with E-state index in [0.717, 1.165) is 0 Å². The maximum Gasteiger partial charge on any atom is 0.233 e. The molecule has 0 bridgehead atoms. The maximum atomic E-state index is 12.5. The largest absolute Gasteiger partial charge is 0.493 e. The van der Waals surface area contributed by atoms with E-state index in [1.54, 1.807) is 24.3 Å². The second-order valence-corrected chi connectivity index (χ2v) is 6.93. The summed E-state index contributed by atoms with van der Waals surface area (Å²) >= 11 is 0. The molecule has 0 saturated carbocycles. The first-order chi connectivity index (χ1) is 15.4. The summed E-state index contributed by atoms with van der Waals surface area (Å²) in [4.78, 5) is 47.7. The van der Waals surface area contributed by atoms with E-state index in [9.17, 15) is 19.2 Å². The van der Waals surface area contributed by atoms with Gasteiger partial charge >= 0.3 is 0 Å². The van der Waals surface area contributed by atoms with Crippen LogP contribution in [0.1, 0.15) is 46.4 Å². The fourth-order valence-corrected chi connectivity index (χ4v) is 2.73. The highest BCUT2D eigenvalue weighted by Crippen LogP contribution is 2.17. The lowest BCUT2D eigenvalue weighted by molar-refractivity contribution is -0.121. The second kappa shape index (κ2) is 13.1. The van der Waals surface area contributed by atoms with Gasteiger partial charge in [0, 0.05) is 50.0 Å². The first-order valence-electron chi connectivity index (χ1n) is 10.2. The zero-order valence-electron chi connectivity index (χ0n) is 17.6. The van der Waals surface area contributed by atoms with Crippen molar-refractivity contribution in [2.45, 2.75) is 25.7 Å². The van der Waals surface area contributed by atoms with E-state index < -0.39 is 11.6 Å². The number of Topliss-reactive ketones (excluding diaryl/α,β-unsaturated/α-hetero) is 4. The van der Waals surface area contributed by atoms with E-state index in [-0.39, 0.29) is 74.8 Å². The van der Waals surface area contributed by atoms with E-state index in [0.29, 0.717) is 11.5 Å². The number of ether oxygens (including phenoxy) is 2. The molecule has 32 heavy (non-hydrogen) atoms. The fraction of sp³-hybridized carbons (Fsp3) is 0.333. The zero-order valence-corrected chi connectivity index (χ0v) is 17.6. The van der Waals surface area contributed by atoms with Gasteiger partial charge in [-0.2, -0.15) is 0 Å². The van der Waals surface area contributed by atoms with E-state index in [4.69, 9.17) is 19.7 Å². The standard InChI is InChI=1S/C24H26O8/c25-13-9-19(27)11-15-31-21-5-1-17(2-6-21)23(29)24(30)18-3-7-22(8-4-18)32-16-12-20(28)10-14-26/h1-8,25-26H,9-16H2. The lowest BCUT2D eigenvalue weighted by atomic mass is 10.0. The number of carbonyl (C=O) groups excluding carboxylic acids is 4. The molecule has 8 nitrogen and oxygen atoms in total. The third kappa shape index (κ3) is 8.05. The number of aliphatic hydroxyl groups excluding tert-OH is 2. The normalized spacial score (nSPS) is 10.4. The van der Waals surface area contributed by atoms with E-state index >= 15 is 0 Å². The summed E-state index contributed by atoms with van der Waals surface area (Å²) in [6, 6.07) is 12.1. The van der Waals surface area contributed by atoms with Crippen molar-refractivity contribution in [1.82, 2.24) is 0 Å². The van der Waals surface area contributed by atoms with Crippen molar-refractivity contribution in [2.24, 2.45) is 0 Å². The summed E-state index contributed by atoms with van der Waals surface area (Å²) in [5.74, 6) is -0.613. The van der Waals surface area contributed by atoms with Crippen molar-refractivity contribution < 1.29 is 38.9 Å². The molecule has 0 aliphatic heterocycles. The van der Waals surface area contributed by atoms with Gasteiger partial charge in [-0.3, -0.25) is 19.2 Å². The molecule has 0 amide bonds. The third-order valence-electron chi connectivity index (χ3n) is 4.52. The summed E-state index contributed by atoms with van der Waals surface area (Å²) in [7, 11) is 0. The lowest BCUT2D eigenvalue weighted by Gasteiger charge is -2.07. The lowest BCUT2D eigenvalue weighted by Crippen LogP contribution is -2.14. The average molecular weight is 442 g/mol. The minimum absolute atomic E-state index is 0.0936. The minimum atomic E-state index is -0.669. The van der Waals surface area contributed by atoms with Crippen LogP contribution in [0.15, 0.2) is 48.5 Å². The Hall–Kier alpha value is -3.36. The molecule has 0 radical (unpaired) electrons. The van der Waals surface area contributed by atoms with Crippen molar-refractivity contribution in [2.75, 3.05) is 26.4 Å². The number of hydrogen-bond acceptors (Lipinski definition) is 8. The van der Waals surface area contributed by atoms with Gasteiger partial charge in [0.25, 0.3) is 0 Å². The van der Waals surface area contributed by atoms with Crippen LogP contribution in [0.2, 0.25) is 0 Å². The van der Waals surface area contributed by atoms with Gasteiger partial charge in [-0.15, -0.1) is 0 Å². The van der Waals surface area contributed by atoms with Crippen LogP contribution in [0.25, 0.3) is 0 Å². The average Bonchev–Trinajstić information content (AvgIpc) is 2.79. The Labute approximate surface area is 185 Å². The monoisotopic (exact) mass is 442 g/mol. The van der Waals surface area contributed by atoms with Crippen LogP contribution in [0.4, 0.5) is 0 Å². The molecular weight excluding hydrogens is 416 g/mol. The number of carbonyl (C=O) groups is 4. The van der Waals surface area contributed by atoms with Crippen molar-refractivity contribution >= 4 is 23.1 Å². The number of rotatable bonds is 15. The molecule has 2 aromatic carbocycles. The summed E-state index contributed by atoms with van der Waals surface area (Å²) < 4.78 is 10.9. The summed E-state index contributed by atoms with van der Waals surface area (Å²) in [5.41, 5.74) is 0.419. The molecule has 0 aliphatic carbocycles. The predicted octanol–water partition coefficient (Wildman–Crippen LogP) is 2.19. The van der Waals surface area contributed by atoms with E-state index in [2.05, 4.69) is 0 Å². The maximum absolute atomic E-state index is 12.5. The van der Waals surface area contributed by atoms with Gasteiger partial charge < -0.3 is 19.7 Å². The van der Waals surface area contributed by atoms with Crippen LogP contribution in [0.5, 0.6) is 11.5 Å². The number of benzene rings is 2. The van der Waals surface area contributed by atoms with Gasteiger partial charge in [-0.25, -0.2) is 0 Å². The van der Waals surface area contributed by atoms with Gasteiger partial charge in [0.05, 0.1) is 13.2 Å². The highest BCUT2D eigenvalue weighted by atomic mass is 16.5. The Bertz CT molecular complexity index is 839. The molecule has 0 aliphatic rings. The Balaban J connectivity index is 1.86. The van der Waals surface area contributed by atoms with Gasteiger partial charge in [-0.1, -0.05) is 0 Å². The number of ketones is 4. The molecule has 2 rings (SSSR count). The molecule has 0 fully saturated rings. The summed E-state index contributed by atoms with van der Waals surface area (Å²) in [6.45, 7) is -0.0537. The number of hydrogen-bond donors (Lipinski definition) is 2. The van der Waals surface area contributed by atoms with Crippen LogP contribution < -0.4 is 9.47 Å². The third-order valence-corrected chi connectivity index (χ3v) is 4.52. The molecular formula is C24H26O8. The zero-order chi connectivity index (χ0) is 23.3. The van der Waals surface area contributed by atoms with E-state index in [1.807, 2.05) is 0 Å². The summed E-state index contributed by atoms with van der Waals surface area (Å²) in [5, 5.41) is 17.4. The van der Waals surface area contributed by atoms with E-state index in [1.165, 1.54) is 24.3 Å². The molecule has 2 N–H and O–H groups in total. The first kappa shape index (κ1) is 24.9. The molecule has 0 atom stereocenters. The molecule has 0 heterocycles. The second-order valence-electron chi connectivity index (χ2n) is 6.93. The predicted molar refractivity (Wildman–Crippen MR) is 115 cm³/mol. The minimum Gasteiger partial charge on any atom is -0.493 e. The Morgan fingerprint density at radius 3 is 1.22 bits per heavy atom. The molecule has 0 unspecified atom stereocenters. The van der Waals surface area contributed by atoms with Gasteiger partial charge in [0.15, 0.2) is 0 Å².